The van der Waals surface area contributed by atoms with E-state index in [1.54, 1.807) is 20.8 Å². The summed E-state index contributed by atoms with van der Waals surface area (Å²) < 4.78 is 47.6. The van der Waals surface area contributed by atoms with Crippen LogP contribution in [0.5, 0.6) is 0 Å². The lowest BCUT2D eigenvalue weighted by molar-refractivity contribution is -0.239. The molecule has 2 aliphatic rings. The Labute approximate surface area is 288 Å². The van der Waals surface area contributed by atoms with Gasteiger partial charge in [0.1, 0.15) is 31.0 Å². The van der Waals surface area contributed by atoms with E-state index in [4.69, 9.17) is 28.4 Å². The van der Waals surface area contributed by atoms with Crippen molar-refractivity contribution in [3.05, 3.63) is 59.7 Å². The number of carbonyl (C=O) groups excluding carboxylic acids is 6. The van der Waals surface area contributed by atoms with Crippen molar-refractivity contribution in [3.63, 3.8) is 0 Å². The van der Waals surface area contributed by atoms with E-state index in [0.717, 1.165) is 43.0 Å². The standard InChI is InChI=1S/C35H41FN2O12/c1-18(39)45-17-27-30(47-19(2)40)31(48-20(3)41)29(36)32(49-27)38-28(42)15-26(33(43)50-35(4,5)6)37-34(44)46-16-25-23-13-9-7-11-21(23)22-12-8-10-14-24(22)25/h7-14,25-27,29-32H,15-17H2,1-6H3,(H,37,44)(H,38,42)/t26-,27+,29+,30-,31+,32+/m0/s1. The summed E-state index contributed by atoms with van der Waals surface area (Å²) in [4.78, 5) is 74.7. The first kappa shape index (κ1) is 37.8. The Bertz CT molecular complexity index is 1560. The summed E-state index contributed by atoms with van der Waals surface area (Å²) in [6.07, 6.45) is -10.5. The van der Waals surface area contributed by atoms with Crippen molar-refractivity contribution < 1.29 is 61.6 Å². The molecule has 1 saturated heterocycles. The molecule has 1 aliphatic carbocycles. The lowest BCUT2D eigenvalue weighted by Crippen LogP contribution is -2.64. The maximum atomic E-state index is 15.8. The number of amides is 2. The molecule has 14 nitrogen and oxygen atoms in total. The molecule has 0 bridgehead atoms. The monoisotopic (exact) mass is 700 g/mol. The molecule has 0 saturated carbocycles. The molecule has 0 unspecified atom stereocenters. The fraction of sp³-hybridized carbons (Fsp3) is 0.486. The van der Waals surface area contributed by atoms with Crippen LogP contribution in [0, 0.1) is 0 Å². The molecule has 1 fully saturated rings. The second-order valence-corrected chi connectivity index (χ2v) is 12.8. The number of nitrogens with one attached hydrogen (secondary N) is 2. The minimum absolute atomic E-state index is 0.0721. The van der Waals surface area contributed by atoms with Gasteiger partial charge in [-0.15, -0.1) is 0 Å². The Morgan fingerprint density at radius 3 is 1.90 bits per heavy atom. The van der Waals surface area contributed by atoms with Gasteiger partial charge in [0.05, 0.1) is 6.42 Å². The summed E-state index contributed by atoms with van der Waals surface area (Å²) in [5.41, 5.74) is 2.96. The normalized spacial score (nSPS) is 21.8. The highest BCUT2D eigenvalue weighted by molar-refractivity contribution is 5.88. The molecule has 4 rings (SSSR count). The minimum atomic E-state index is -2.28. The van der Waals surface area contributed by atoms with Gasteiger partial charge in [-0.25, -0.2) is 14.0 Å². The van der Waals surface area contributed by atoms with E-state index < -0.39 is 91.3 Å². The molecular weight excluding hydrogens is 659 g/mol. The number of alkyl carbamates (subject to hydrolysis) is 1. The van der Waals surface area contributed by atoms with E-state index in [0.29, 0.717) is 0 Å². The highest BCUT2D eigenvalue weighted by atomic mass is 19.1. The van der Waals surface area contributed by atoms with Gasteiger partial charge in [-0.3, -0.25) is 19.2 Å². The van der Waals surface area contributed by atoms with Crippen molar-refractivity contribution in [2.24, 2.45) is 0 Å². The predicted octanol–water partition coefficient (Wildman–Crippen LogP) is 3.23. The van der Waals surface area contributed by atoms with Crippen LogP contribution >= 0.6 is 0 Å². The molecule has 1 heterocycles. The van der Waals surface area contributed by atoms with Crippen LogP contribution in [0.25, 0.3) is 11.1 Å². The van der Waals surface area contributed by atoms with Gasteiger partial charge < -0.3 is 39.1 Å². The first-order valence-electron chi connectivity index (χ1n) is 15.9. The Kier molecular flexibility index (Phi) is 12.2. The van der Waals surface area contributed by atoms with Gasteiger partial charge in [0.2, 0.25) is 5.91 Å². The number of halogens is 1. The van der Waals surface area contributed by atoms with Crippen LogP contribution in [-0.2, 0) is 52.4 Å². The van der Waals surface area contributed by atoms with Crippen molar-refractivity contribution in [2.75, 3.05) is 13.2 Å². The Morgan fingerprint density at radius 2 is 1.36 bits per heavy atom. The van der Waals surface area contributed by atoms with E-state index in [1.807, 2.05) is 48.5 Å². The summed E-state index contributed by atoms with van der Waals surface area (Å²) in [5, 5.41) is 4.66. The number of fused-ring (bicyclic) bond motifs is 3. The van der Waals surface area contributed by atoms with Crippen LogP contribution in [0.1, 0.15) is 65.0 Å². The lowest BCUT2D eigenvalue weighted by atomic mass is 9.98. The first-order valence-corrected chi connectivity index (χ1v) is 15.9. The van der Waals surface area contributed by atoms with Gasteiger partial charge in [0, 0.05) is 26.7 Å². The van der Waals surface area contributed by atoms with Crippen molar-refractivity contribution in [1.29, 1.82) is 0 Å². The van der Waals surface area contributed by atoms with Crippen molar-refractivity contribution in [2.45, 2.75) is 96.2 Å². The summed E-state index contributed by atoms with van der Waals surface area (Å²) in [6, 6.07) is 13.9. The second-order valence-electron chi connectivity index (χ2n) is 12.8. The molecule has 50 heavy (non-hydrogen) atoms. The number of esters is 4. The SMILES string of the molecule is CC(=O)OC[C@H]1O[C@@H](NC(=O)C[C@H](NC(=O)OCC2c3ccccc3-c3ccccc32)C(=O)OC(C)(C)C)[C@H](F)[C@@H](OC(C)=O)[C@H]1OC(C)=O. The summed E-state index contributed by atoms with van der Waals surface area (Å²) in [5.74, 6) is -4.75. The number of ether oxygens (including phenoxy) is 6. The number of carbonyl (C=O) groups is 6. The number of rotatable bonds is 11. The summed E-state index contributed by atoms with van der Waals surface area (Å²) in [7, 11) is 0. The van der Waals surface area contributed by atoms with Crippen molar-refractivity contribution in [3.8, 4) is 11.1 Å². The fourth-order valence-electron chi connectivity index (χ4n) is 5.76. The highest BCUT2D eigenvalue weighted by Gasteiger charge is 2.51. The molecule has 2 amide bonds. The van der Waals surface area contributed by atoms with Crippen molar-refractivity contribution >= 4 is 35.9 Å². The number of hydrogen-bond acceptors (Lipinski definition) is 12. The maximum absolute atomic E-state index is 15.8. The van der Waals surface area contributed by atoms with Crippen LogP contribution in [0.15, 0.2) is 48.5 Å². The van der Waals surface area contributed by atoms with E-state index in [-0.39, 0.29) is 12.5 Å². The van der Waals surface area contributed by atoms with Gasteiger partial charge in [0.25, 0.3) is 0 Å². The largest absolute Gasteiger partial charge is 0.463 e. The van der Waals surface area contributed by atoms with Crippen LogP contribution in [0.2, 0.25) is 0 Å². The number of hydrogen-bond donors (Lipinski definition) is 2. The van der Waals surface area contributed by atoms with Gasteiger partial charge in [0.15, 0.2) is 24.6 Å². The number of alkyl halides is 1. The number of benzene rings is 2. The predicted molar refractivity (Wildman–Crippen MR) is 172 cm³/mol. The molecule has 2 aromatic rings. The molecule has 0 spiro atoms. The second kappa shape index (κ2) is 16.1. The third kappa shape index (κ3) is 9.77. The molecule has 6 atom stereocenters. The first-order chi connectivity index (χ1) is 23.5. The molecule has 2 N–H and O–H groups in total. The molecule has 2 aromatic carbocycles. The van der Waals surface area contributed by atoms with Crippen LogP contribution < -0.4 is 10.6 Å². The molecule has 1 aliphatic heterocycles. The topological polar surface area (TPSA) is 182 Å². The molecule has 0 aromatic heterocycles. The minimum Gasteiger partial charge on any atom is -0.463 e. The zero-order chi connectivity index (χ0) is 36.7. The van der Waals surface area contributed by atoms with Crippen LogP contribution in [0.4, 0.5) is 9.18 Å². The van der Waals surface area contributed by atoms with E-state index in [1.165, 1.54) is 0 Å². The lowest BCUT2D eigenvalue weighted by Gasteiger charge is -2.42. The molecule has 15 heteroatoms. The smallest absolute Gasteiger partial charge is 0.407 e. The third-order valence-corrected chi connectivity index (χ3v) is 7.69. The highest BCUT2D eigenvalue weighted by Crippen LogP contribution is 2.44. The molecule has 270 valence electrons. The van der Waals surface area contributed by atoms with Gasteiger partial charge in [-0.05, 0) is 43.0 Å². The Balaban J connectivity index is 1.48. The average Bonchev–Trinajstić information content (AvgIpc) is 3.34. The van der Waals surface area contributed by atoms with Gasteiger partial charge in [-0.2, -0.15) is 0 Å². The van der Waals surface area contributed by atoms with E-state index in [2.05, 4.69) is 10.6 Å². The van der Waals surface area contributed by atoms with Gasteiger partial charge in [-0.1, -0.05) is 48.5 Å². The molecule has 0 radical (unpaired) electrons. The van der Waals surface area contributed by atoms with Crippen LogP contribution in [0.3, 0.4) is 0 Å². The zero-order valence-corrected chi connectivity index (χ0v) is 28.6. The fourth-order valence-corrected chi connectivity index (χ4v) is 5.76. The average molecular weight is 701 g/mol. The van der Waals surface area contributed by atoms with E-state index >= 15 is 4.39 Å². The Hall–Kier alpha value is -5.05. The Morgan fingerprint density at radius 1 is 0.800 bits per heavy atom. The van der Waals surface area contributed by atoms with E-state index in [9.17, 15) is 28.8 Å². The quantitative estimate of drug-likeness (QED) is 0.258. The van der Waals surface area contributed by atoms with Crippen LogP contribution in [-0.4, -0.2) is 91.4 Å². The summed E-state index contributed by atoms with van der Waals surface area (Å²) in [6.45, 7) is 7.30. The third-order valence-electron chi connectivity index (χ3n) is 7.69. The van der Waals surface area contributed by atoms with Gasteiger partial charge >= 0.3 is 30.0 Å². The maximum Gasteiger partial charge on any atom is 0.407 e. The molecular formula is C35H41FN2O12. The summed E-state index contributed by atoms with van der Waals surface area (Å²) >= 11 is 0. The van der Waals surface area contributed by atoms with Crippen molar-refractivity contribution in [1.82, 2.24) is 10.6 Å². The zero-order valence-electron chi connectivity index (χ0n) is 28.6.